The summed E-state index contributed by atoms with van der Waals surface area (Å²) in [5, 5.41) is 4.72. The quantitative estimate of drug-likeness (QED) is 0.0860. The van der Waals surface area contributed by atoms with E-state index >= 15 is 0 Å². The van der Waals surface area contributed by atoms with Crippen LogP contribution < -0.4 is 4.74 Å². The smallest absolute Gasteiger partial charge is 0.465 e. The van der Waals surface area contributed by atoms with Gasteiger partial charge >= 0.3 is 13.8 Å². The number of hydrogen-bond donors (Lipinski definition) is 4. The summed E-state index contributed by atoms with van der Waals surface area (Å²) in [5.74, 6) is 2.41. The standard InChI is InChI=1S/C23H16N2O2.C13H10O.H3O4P/c1-27-23(26)17-9-10-20-21(13-17)25-22(24-20)18-8-4-7-16-11-14-5-2-3-6-15(14)12-19(16)18;1-3-7-12-10(5-1)9-11-6-2-4-8-13(11)14-12;1-5(2,3)4/h2-13H,1H3,(H,24,25);1-8H,9H2;(H3,1,2,3,4). The summed E-state index contributed by atoms with van der Waals surface area (Å²) in [6.45, 7) is 0. The van der Waals surface area contributed by atoms with Gasteiger partial charge in [-0.25, -0.2) is 14.3 Å². The van der Waals surface area contributed by atoms with Gasteiger partial charge in [-0.1, -0.05) is 78.9 Å². The number of benzene rings is 6. The number of H-pyrrole nitrogens is 1. The molecule has 7 aromatic rings. The molecule has 6 aromatic carbocycles. The van der Waals surface area contributed by atoms with Crippen LogP contribution in [0.25, 0.3) is 44.0 Å². The molecule has 2 heterocycles. The molecule has 46 heavy (non-hydrogen) atoms. The number of aromatic amines is 1. The maximum absolute atomic E-state index is 11.8. The molecule has 4 N–H and O–H groups in total. The van der Waals surface area contributed by atoms with Crippen LogP contribution in [0.3, 0.4) is 0 Å². The number of phosphoric acid groups is 1. The topological polar surface area (TPSA) is 142 Å². The summed E-state index contributed by atoms with van der Waals surface area (Å²) >= 11 is 0. The third-order valence-electron chi connectivity index (χ3n) is 7.45. The average Bonchev–Trinajstić information content (AvgIpc) is 3.48. The molecule has 0 fully saturated rings. The molecule has 0 amide bonds. The van der Waals surface area contributed by atoms with Gasteiger partial charge in [0, 0.05) is 12.0 Å². The monoisotopic (exact) mass is 632 g/mol. The summed E-state index contributed by atoms with van der Waals surface area (Å²) in [7, 11) is -3.26. The average molecular weight is 633 g/mol. The number of rotatable bonds is 2. The van der Waals surface area contributed by atoms with Crippen LogP contribution >= 0.6 is 7.82 Å². The number of ether oxygens (including phenoxy) is 2. The predicted octanol–water partition coefficient (Wildman–Crippen LogP) is 7.78. The van der Waals surface area contributed by atoms with E-state index < -0.39 is 7.82 Å². The Morgan fingerprint density at radius 1 is 0.761 bits per heavy atom. The lowest BCUT2D eigenvalue weighted by Crippen LogP contribution is -2.01. The molecule has 230 valence electrons. The third kappa shape index (κ3) is 6.99. The van der Waals surface area contributed by atoms with Gasteiger partial charge in [0.15, 0.2) is 0 Å². The van der Waals surface area contributed by atoms with Gasteiger partial charge in [0.1, 0.15) is 17.3 Å². The minimum absolute atomic E-state index is 0.357. The summed E-state index contributed by atoms with van der Waals surface area (Å²) in [4.78, 5) is 41.4. The SMILES string of the molecule is COC(=O)c1ccc2nc(-c3cccc4cc5ccccc5cc34)[nH]c2c1.O=P(O)(O)O.c1ccc2c(c1)Cc1ccccc1O2. The molecule has 0 bridgehead atoms. The highest BCUT2D eigenvalue weighted by atomic mass is 31.2. The van der Waals surface area contributed by atoms with Crippen LogP contribution in [-0.2, 0) is 15.7 Å². The van der Waals surface area contributed by atoms with Crippen molar-refractivity contribution in [2.45, 2.75) is 6.42 Å². The number of methoxy groups -OCH3 is 1. The third-order valence-corrected chi connectivity index (χ3v) is 7.45. The molecule has 0 atom stereocenters. The van der Waals surface area contributed by atoms with Gasteiger partial charge in [0.05, 0.1) is 23.7 Å². The van der Waals surface area contributed by atoms with Crippen molar-refractivity contribution in [3.8, 4) is 22.9 Å². The Hall–Kier alpha value is -5.31. The molecule has 0 unspecified atom stereocenters. The van der Waals surface area contributed by atoms with Crippen molar-refractivity contribution in [2.24, 2.45) is 0 Å². The van der Waals surface area contributed by atoms with Crippen LogP contribution in [0.1, 0.15) is 21.5 Å². The number of nitrogens with one attached hydrogen (secondary N) is 1. The normalized spacial score (nSPS) is 11.7. The molecular weight excluding hydrogens is 603 g/mol. The molecule has 1 aliphatic heterocycles. The van der Waals surface area contributed by atoms with Crippen molar-refractivity contribution < 1.29 is 33.5 Å². The van der Waals surface area contributed by atoms with E-state index in [0.29, 0.717) is 5.56 Å². The van der Waals surface area contributed by atoms with Crippen molar-refractivity contribution in [2.75, 3.05) is 7.11 Å². The fraction of sp³-hybridized carbons (Fsp3) is 0.0556. The highest BCUT2D eigenvalue weighted by Gasteiger charge is 2.15. The fourth-order valence-electron chi connectivity index (χ4n) is 5.38. The molecule has 9 nitrogen and oxygen atoms in total. The number of carbonyl (C=O) groups excluding carboxylic acids is 1. The first kappa shape index (κ1) is 30.7. The van der Waals surface area contributed by atoms with Crippen LogP contribution in [0.5, 0.6) is 11.5 Å². The summed E-state index contributed by atoms with van der Waals surface area (Å²) in [6.07, 6.45) is 0.979. The molecule has 10 heteroatoms. The largest absolute Gasteiger partial charge is 0.466 e. The molecule has 0 saturated heterocycles. The highest BCUT2D eigenvalue weighted by molar-refractivity contribution is 7.45. The number of nitrogens with zero attached hydrogens (tertiary/aromatic N) is 1. The van der Waals surface area contributed by atoms with Gasteiger partial charge in [-0.3, -0.25) is 0 Å². The number of hydrogen-bond acceptors (Lipinski definition) is 5. The molecule has 8 rings (SSSR count). The number of imidazole rings is 1. The van der Waals surface area contributed by atoms with Crippen LogP contribution in [-0.4, -0.2) is 37.7 Å². The van der Waals surface area contributed by atoms with Crippen LogP contribution in [0.4, 0.5) is 0 Å². The predicted molar refractivity (Wildman–Crippen MR) is 178 cm³/mol. The van der Waals surface area contributed by atoms with Crippen LogP contribution in [0.15, 0.2) is 121 Å². The number of aromatic nitrogens is 2. The Labute approximate surface area is 263 Å². The molecular formula is C36H29N2O7P. The molecule has 0 radical (unpaired) electrons. The minimum Gasteiger partial charge on any atom is -0.465 e. The van der Waals surface area contributed by atoms with Crippen molar-refractivity contribution in [1.29, 1.82) is 0 Å². The highest BCUT2D eigenvalue weighted by Crippen LogP contribution is 2.36. The van der Waals surface area contributed by atoms with E-state index in [2.05, 4.69) is 71.7 Å². The van der Waals surface area contributed by atoms with Crippen LogP contribution in [0.2, 0.25) is 0 Å². The van der Waals surface area contributed by atoms with E-state index in [4.69, 9.17) is 33.7 Å². The molecule has 1 aromatic heterocycles. The van der Waals surface area contributed by atoms with Gasteiger partial charge in [0.25, 0.3) is 0 Å². The van der Waals surface area contributed by atoms with Gasteiger partial charge in [0.2, 0.25) is 0 Å². The van der Waals surface area contributed by atoms with E-state index in [1.165, 1.54) is 34.4 Å². The van der Waals surface area contributed by atoms with Crippen molar-refractivity contribution in [1.82, 2.24) is 9.97 Å². The number of esters is 1. The second kappa shape index (κ2) is 13.0. The van der Waals surface area contributed by atoms with Gasteiger partial charge < -0.3 is 29.1 Å². The maximum atomic E-state index is 11.8. The zero-order valence-corrected chi connectivity index (χ0v) is 25.5. The van der Waals surface area contributed by atoms with Crippen molar-refractivity contribution in [3.63, 3.8) is 0 Å². The summed E-state index contributed by atoms with van der Waals surface area (Å²) in [5.41, 5.74) is 5.71. The van der Waals surface area contributed by atoms with Gasteiger partial charge in [-0.2, -0.15) is 0 Å². The van der Waals surface area contributed by atoms with Crippen molar-refractivity contribution in [3.05, 3.63) is 138 Å². The Bertz CT molecular complexity index is 2160. The van der Waals surface area contributed by atoms with Gasteiger partial charge in [-0.05, 0) is 75.1 Å². The summed E-state index contributed by atoms with van der Waals surface area (Å²) < 4.78 is 19.5. The van der Waals surface area contributed by atoms with E-state index in [-0.39, 0.29) is 5.97 Å². The lowest BCUT2D eigenvalue weighted by molar-refractivity contribution is 0.0601. The fourth-order valence-corrected chi connectivity index (χ4v) is 5.38. The van der Waals surface area contributed by atoms with Crippen LogP contribution in [0, 0.1) is 0 Å². The minimum atomic E-state index is -4.64. The molecule has 1 aliphatic rings. The first-order valence-corrected chi connectivity index (χ1v) is 15.8. The first-order valence-electron chi connectivity index (χ1n) is 14.3. The van der Waals surface area contributed by atoms with Crippen molar-refractivity contribution >= 4 is 46.4 Å². The Morgan fingerprint density at radius 2 is 1.35 bits per heavy atom. The molecule has 0 aliphatic carbocycles. The Morgan fingerprint density at radius 3 is 2.00 bits per heavy atom. The number of fused-ring (bicyclic) bond motifs is 5. The lowest BCUT2D eigenvalue weighted by Gasteiger charge is -2.19. The van der Waals surface area contributed by atoms with E-state index in [1.807, 2.05) is 42.5 Å². The second-order valence-electron chi connectivity index (χ2n) is 10.5. The van der Waals surface area contributed by atoms with Gasteiger partial charge in [-0.15, -0.1) is 0 Å². The second-order valence-corrected chi connectivity index (χ2v) is 11.6. The molecule has 0 saturated carbocycles. The Balaban J connectivity index is 0.000000162. The number of carbonyl (C=O) groups is 1. The van der Waals surface area contributed by atoms with E-state index in [9.17, 15) is 4.79 Å². The zero-order valence-electron chi connectivity index (χ0n) is 24.6. The first-order chi connectivity index (χ1) is 22.2. The van der Waals surface area contributed by atoms with E-state index in [1.54, 1.807) is 12.1 Å². The van der Waals surface area contributed by atoms with E-state index in [0.717, 1.165) is 45.7 Å². The Kier molecular flexibility index (Phi) is 8.66. The molecule has 0 spiro atoms. The number of para-hydroxylation sites is 2. The lowest BCUT2D eigenvalue weighted by atomic mass is 9.99. The zero-order chi connectivity index (χ0) is 32.3. The maximum Gasteiger partial charge on any atom is 0.466 e. The summed E-state index contributed by atoms with van der Waals surface area (Å²) in [6, 6.07) is 40.7.